The Morgan fingerprint density at radius 2 is 1.88 bits per heavy atom. The van der Waals surface area contributed by atoms with Crippen LogP contribution in [0.1, 0.15) is 5.56 Å². The molecule has 6 nitrogen and oxygen atoms in total. The monoisotopic (exact) mass is 340 g/mol. The molecule has 130 valence electrons. The molecular formula is C19H20N2O4. The van der Waals surface area contributed by atoms with E-state index in [2.05, 4.69) is 0 Å². The molecule has 0 saturated carbocycles. The summed E-state index contributed by atoms with van der Waals surface area (Å²) in [7, 11) is 4.91. The fraction of sp³-hybridized carbons (Fsp3) is 0.211. The molecule has 1 heterocycles. The lowest BCUT2D eigenvalue weighted by atomic mass is 10.2. The smallest absolute Gasteiger partial charge is 0.345 e. The quantitative estimate of drug-likeness (QED) is 0.486. The van der Waals surface area contributed by atoms with Crippen molar-refractivity contribution in [2.45, 2.75) is 0 Å². The maximum atomic E-state index is 13.1. The van der Waals surface area contributed by atoms with E-state index in [4.69, 9.17) is 9.47 Å². The van der Waals surface area contributed by atoms with Crippen molar-refractivity contribution in [3.05, 3.63) is 59.3 Å². The van der Waals surface area contributed by atoms with E-state index in [0.29, 0.717) is 17.2 Å². The van der Waals surface area contributed by atoms with Crippen LogP contribution in [0.15, 0.2) is 48.5 Å². The Hall–Kier alpha value is -2.83. The normalized spacial score (nSPS) is 19.1. The number of hydrogen-bond acceptors (Lipinski definition) is 5. The minimum absolute atomic E-state index is 0.0639. The average molecular weight is 340 g/mol. The van der Waals surface area contributed by atoms with Gasteiger partial charge >= 0.3 is 5.91 Å². The second-order valence-electron chi connectivity index (χ2n) is 5.85. The summed E-state index contributed by atoms with van der Waals surface area (Å²) in [6.45, 7) is 0.0639. The fourth-order valence-corrected chi connectivity index (χ4v) is 2.98. The van der Waals surface area contributed by atoms with Gasteiger partial charge < -0.3 is 19.6 Å². The second-order valence-corrected chi connectivity index (χ2v) is 5.85. The number of benzene rings is 2. The summed E-state index contributed by atoms with van der Waals surface area (Å²) in [6, 6.07) is 12.5. The Morgan fingerprint density at radius 3 is 2.60 bits per heavy atom. The highest BCUT2D eigenvalue weighted by Crippen LogP contribution is 2.40. The highest BCUT2D eigenvalue weighted by molar-refractivity contribution is 6.03. The van der Waals surface area contributed by atoms with Crippen LogP contribution < -0.4 is 19.0 Å². The van der Waals surface area contributed by atoms with Crippen LogP contribution in [0.2, 0.25) is 0 Å². The molecule has 2 aromatic carbocycles. The minimum Gasteiger partial charge on any atom is -0.618 e. The highest BCUT2D eigenvalue weighted by Gasteiger charge is 2.39. The van der Waals surface area contributed by atoms with Crippen molar-refractivity contribution in [2.75, 3.05) is 32.8 Å². The molecule has 25 heavy (non-hydrogen) atoms. The van der Waals surface area contributed by atoms with Gasteiger partial charge in [-0.15, -0.1) is 0 Å². The molecule has 0 bridgehead atoms. The van der Waals surface area contributed by atoms with Gasteiger partial charge in [0.05, 0.1) is 14.2 Å². The number of quaternary nitrogens is 1. The van der Waals surface area contributed by atoms with Crippen molar-refractivity contribution in [1.82, 2.24) is 4.65 Å². The molecule has 0 fully saturated rings. The summed E-state index contributed by atoms with van der Waals surface area (Å²) < 4.78 is 9.42. The molecule has 0 radical (unpaired) electrons. The molecule has 0 N–H and O–H groups in total. The van der Waals surface area contributed by atoms with Crippen LogP contribution in [0.3, 0.4) is 0 Å². The lowest BCUT2D eigenvalue weighted by molar-refractivity contribution is -0.122. The first-order valence-corrected chi connectivity index (χ1v) is 7.84. The van der Waals surface area contributed by atoms with Gasteiger partial charge in [-0.05, 0) is 29.8 Å². The number of anilines is 1. The first-order chi connectivity index (χ1) is 12.0. The molecule has 1 aliphatic heterocycles. The predicted octanol–water partition coefficient (Wildman–Crippen LogP) is 3.16. The summed E-state index contributed by atoms with van der Waals surface area (Å²) in [4.78, 5) is 14.4. The molecule has 0 aromatic heterocycles. The maximum absolute atomic E-state index is 13.1. The summed E-state index contributed by atoms with van der Waals surface area (Å²) >= 11 is 0. The van der Waals surface area contributed by atoms with Crippen molar-refractivity contribution in [2.24, 2.45) is 0 Å². The van der Waals surface area contributed by atoms with Crippen LogP contribution in [0.4, 0.5) is 11.4 Å². The number of para-hydroxylation sites is 2. The van der Waals surface area contributed by atoms with Crippen molar-refractivity contribution >= 4 is 23.4 Å². The van der Waals surface area contributed by atoms with Gasteiger partial charge in [-0.2, -0.15) is 0 Å². The lowest BCUT2D eigenvalue weighted by Gasteiger charge is -2.33. The zero-order valence-corrected chi connectivity index (χ0v) is 14.4. The van der Waals surface area contributed by atoms with Crippen LogP contribution in [0, 0.1) is 5.21 Å². The SMILES string of the molecule is COc1ccc(/C=C/C(=O)[N+]2([O-])CN(C)c3ccccc32)cc1OC. The fourth-order valence-electron chi connectivity index (χ4n) is 2.98. The van der Waals surface area contributed by atoms with E-state index in [0.717, 1.165) is 11.3 Å². The van der Waals surface area contributed by atoms with Gasteiger partial charge in [0.2, 0.25) is 0 Å². The van der Waals surface area contributed by atoms with E-state index in [1.54, 1.807) is 55.5 Å². The number of carbonyl (C=O) groups excluding carboxylic acids is 1. The standard InChI is InChI=1S/C19H20N2O4/c1-20-13-21(23,16-7-5-4-6-15(16)20)19(22)11-9-14-8-10-17(24-2)18(12-14)25-3/h4-12H,13H2,1-3H3/b11-9+. The molecule has 0 spiro atoms. The van der Waals surface area contributed by atoms with Gasteiger partial charge in [0.25, 0.3) is 0 Å². The number of carbonyl (C=O) groups is 1. The third kappa shape index (κ3) is 2.97. The van der Waals surface area contributed by atoms with Crippen LogP contribution in [0.5, 0.6) is 11.5 Å². The van der Waals surface area contributed by atoms with Crippen LogP contribution >= 0.6 is 0 Å². The minimum atomic E-state index is -1.02. The van der Waals surface area contributed by atoms with E-state index < -0.39 is 10.6 Å². The molecule has 1 amide bonds. The Bertz CT molecular complexity index is 834. The Labute approximate surface area is 146 Å². The zero-order chi connectivity index (χ0) is 18.0. The molecule has 3 rings (SSSR count). The van der Waals surface area contributed by atoms with Crippen LogP contribution in [-0.2, 0) is 4.79 Å². The van der Waals surface area contributed by atoms with Gasteiger partial charge in [-0.3, -0.25) is 0 Å². The largest absolute Gasteiger partial charge is 0.618 e. The molecule has 6 heteroatoms. The Morgan fingerprint density at radius 1 is 1.16 bits per heavy atom. The molecule has 0 aliphatic carbocycles. The number of nitrogens with zero attached hydrogens (tertiary/aromatic N) is 2. The summed E-state index contributed by atoms with van der Waals surface area (Å²) in [5.41, 5.74) is 2.00. The maximum Gasteiger partial charge on any atom is 0.345 e. The third-order valence-corrected chi connectivity index (χ3v) is 4.28. The lowest BCUT2D eigenvalue weighted by Crippen LogP contribution is -2.49. The number of hydroxylamine groups is 2. The number of amides is 1. The van der Waals surface area contributed by atoms with Crippen molar-refractivity contribution in [3.63, 3.8) is 0 Å². The van der Waals surface area contributed by atoms with Gasteiger partial charge in [0.1, 0.15) is 5.69 Å². The molecule has 1 aliphatic rings. The zero-order valence-electron chi connectivity index (χ0n) is 14.4. The van der Waals surface area contributed by atoms with Gasteiger partial charge in [0, 0.05) is 19.2 Å². The molecule has 1 atom stereocenters. The van der Waals surface area contributed by atoms with Crippen molar-refractivity contribution < 1.29 is 14.3 Å². The summed E-state index contributed by atoms with van der Waals surface area (Å²) in [5.74, 6) is 0.648. The van der Waals surface area contributed by atoms with Crippen molar-refractivity contribution in [3.8, 4) is 11.5 Å². The van der Waals surface area contributed by atoms with E-state index in [9.17, 15) is 10.0 Å². The second kappa shape index (κ2) is 6.58. The number of fused-ring (bicyclic) bond motifs is 1. The molecule has 1 unspecified atom stereocenters. The highest BCUT2D eigenvalue weighted by atomic mass is 16.6. The molecule has 0 saturated heterocycles. The van der Waals surface area contributed by atoms with Gasteiger partial charge in [-0.25, -0.2) is 9.44 Å². The van der Waals surface area contributed by atoms with Crippen molar-refractivity contribution in [1.29, 1.82) is 0 Å². The summed E-state index contributed by atoms with van der Waals surface area (Å²) in [6.07, 6.45) is 2.94. The Kier molecular flexibility index (Phi) is 4.48. The predicted molar refractivity (Wildman–Crippen MR) is 98.5 cm³/mol. The van der Waals surface area contributed by atoms with Gasteiger partial charge in [-0.1, -0.05) is 18.2 Å². The number of ether oxygens (including phenoxy) is 2. The molecular weight excluding hydrogens is 320 g/mol. The van der Waals surface area contributed by atoms with E-state index >= 15 is 0 Å². The summed E-state index contributed by atoms with van der Waals surface area (Å²) in [5, 5.41) is 13.1. The third-order valence-electron chi connectivity index (χ3n) is 4.28. The molecule has 2 aromatic rings. The first-order valence-electron chi connectivity index (χ1n) is 7.84. The van der Waals surface area contributed by atoms with E-state index in [-0.39, 0.29) is 6.67 Å². The number of rotatable bonds is 4. The number of hydrogen-bond donors (Lipinski definition) is 0. The van der Waals surface area contributed by atoms with Crippen LogP contribution in [0.25, 0.3) is 6.08 Å². The van der Waals surface area contributed by atoms with E-state index in [1.165, 1.54) is 6.08 Å². The van der Waals surface area contributed by atoms with Gasteiger partial charge in [0.15, 0.2) is 23.9 Å². The number of methoxy groups -OCH3 is 2. The Balaban J connectivity index is 1.87. The van der Waals surface area contributed by atoms with E-state index in [1.807, 2.05) is 19.2 Å². The van der Waals surface area contributed by atoms with Crippen LogP contribution in [-0.4, -0.2) is 33.8 Å². The first kappa shape index (κ1) is 17.0. The topological polar surface area (TPSA) is 61.8 Å². The average Bonchev–Trinajstić information content (AvgIpc) is 2.91.